The average molecular weight is 404 g/mol. The standard InChI is InChI=1S/C20H22BrNO3/c1-13(2)15-8-5-14(6-9-15)7-10-20(23)22-17-12-18(24-3)16(21)11-19(17)25-4/h5-13H,1-4H3,(H,22,23)/b10-7+. The van der Waals surface area contributed by atoms with E-state index in [0.717, 1.165) is 10.0 Å². The molecule has 1 N–H and O–H groups in total. The number of carbonyl (C=O) groups excluding carboxylic acids is 1. The van der Waals surface area contributed by atoms with Crippen molar-refractivity contribution in [2.75, 3.05) is 19.5 Å². The van der Waals surface area contributed by atoms with Crippen LogP contribution in [0.3, 0.4) is 0 Å². The van der Waals surface area contributed by atoms with E-state index in [-0.39, 0.29) is 5.91 Å². The summed E-state index contributed by atoms with van der Waals surface area (Å²) in [6, 6.07) is 11.6. The predicted molar refractivity (Wildman–Crippen MR) is 105 cm³/mol. The first-order valence-corrected chi connectivity index (χ1v) is 8.74. The van der Waals surface area contributed by atoms with E-state index in [0.29, 0.717) is 23.1 Å². The van der Waals surface area contributed by atoms with Crippen LogP contribution in [-0.2, 0) is 4.79 Å². The number of carbonyl (C=O) groups is 1. The summed E-state index contributed by atoms with van der Waals surface area (Å²) in [6.45, 7) is 4.30. The number of ether oxygens (including phenoxy) is 2. The maximum atomic E-state index is 12.2. The minimum Gasteiger partial charge on any atom is -0.495 e. The second-order valence-corrected chi connectivity index (χ2v) is 6.69. The van der Waals surface area contributed by atoms with Crippen LogP contribution in [0.15, 0.2) is 46.9 Å². The van der Waals surface area contributed by atoms with Crippen molar-refractivity contribution in [2.45, 2.75) is 19.8 Å². The lowest BCUT2D eigenvalue weighted by atomic mass is 10.0. The van der Waals surface area contributed by atoms with Crippen LogP contribution in [0, 0.1) is 0 Å². The van der Waals surface area contributed by atoms with Crippen molar-refractivity contribution in [1.82, 2.24) is 0 Å². The number of benzene rings is 2. The van der Waals surface area contributed by atoms with Gasteiger partial charge in [-0.2, -0.15) is 0 Å². The van der Waals surface area contributed by atoms with Crippen molar-refractivity contribution >= 4 is 33.6 Å². The summed E-state index contributed by atoms with van der Waals surface area (Å²) in [5.74, 6) is 1.41. The molecule has 0 saturated carbocycles. The first-order chi connectivity index (χ1) is 11.9. The molecule has 0 bridgehead atoms. The van der Waals surface area contributed by atoms with Crippen LogP contribution in [0.1, 0.15) is 30.9 Å². The molecule has 0 saturated heterocycles. The van der Waals surface area contributed by atoms with Gasteiger partial charge in [-0.25, -0.2) is 0 Å². The summed E-state index contributed by atoms with van der Waals surface area (Å²) >= 11 is 3.39. The van der Waals surface area contributed by atoms with Crippen molar-refractivity contribution in [3.05, 3.63) is 58.1 Å². The average Bonchev–Trinajstić information content (AvgIpc) is 2.61. The number of rotatable bonds is 6. The van der Waals surface area contributed by atoms with Gasteiger partial charge < -0.3 is 14.8 Å². The van der Waals surface area contributed by atoms with Gasteiger partial charge >= 0.3 is 0 Å². The molecular formula is C20H22BrNO3. The molecule has 0 aliphatic carbocycles. The van der Waals surface area contributed by atoms with E-state index >= 15 is 0 Å². The van der Waals surface area contributed by atoms with E-state index < -0.39 is 0 Å². The lowest BCUT2D eigenvalue weighted by Crippen LogP contribution is -2.09. The van der Waals surface area contributed by atoms with Gasteiger partial charge in [-0.1, -0.05) is 38.1 Å². The smallest absolute Gasteiger partial charge is 0.248 e. The number of anilines is 1. The highest BCUT2D eigenvalue weighted by Gasteiger charge is 2.11. The quantitative estimate of drug-likeness (QED) is 0.670. The molecule has 2 aromatic carbocycles. The summed E-state index contributed by atoms with van der Waals surface area (Å²) in [7, 11) is 3.12. The molecule has 2 aromatic rings. The van der Waals surface area contributed by atoms with Crippen LogP contribution in [0.4, 0.5) is 5.69 Å². The lowest BCUT2D eigenvalue weighted by Gasteiger charge is -2.12. The van der Waals surface area contributed by atoms with Crippen LogP contribution < -0.4 is 14.8 Å². The second-order valence-electron chi connectivity index (χ2n) is 5.83. The van der Waals surface area contributed by atoms with E-state index in [1.165, 1.54) is 11.6 Å². The maximum absolute atomic E-state index is 12.2. The molecule has 0 radical (unpaired) electrons. The summed E-state index contributed by atoms with van der Waals surface area (Å²) in [6.07, 6.45) is 3.28. The fourth-order valence-corrected chi connectivity index (χ4v) is 2.78. The third-order valence-electron chi connectivity index (χ3n) is 3.76. The van der Waals surface area contributed by atoms with E-state index in [4.69, 9.17) is 9.47 Å². The van der Waals surface area contributed by atoms with Gasteiger partial charge in [0.1, 0.15) is 11.5 Å². The minimum atomic E-state index is -0.240. The van der Waals surface area contributed by atoms with Gasteiger partial charge in [0, 0.05) is 18.2 Å². The molecule has 0 heterocycles. The highest BCUT2D eigenvalue weighted by atomic mass is 79.9. The van der Waals surface area contributed by atoms with Gasteiger partial charge in [0.15, 0.2) is 0 Å². The summed E-state index contributed by atoms with van der Waals surface area (Å²) in [4.78, 5) is 12.2. The normalized spacial score (nSPS) is 11.0. The monoisotopic (exact) mass is 403 g/mol. The molecule has 5 heteroatoms. The molecule has 0 spiro atoms. The lowest BCUT2D eigenvalue weighted by molar-refractivity contribution is -0.111. The van der Waals surface area contributed by atoms with Crippen molar-refractivity contribution in [1.29, 1.82) is 0 Å². The SMILES string of the molecule is COc1cc(NC(=O)/C=C/c2ccc(C(C)C)cc2)c(OC)cc1Br. The zero-order valence-corrected chi connectivity index (χ0v) is 16.4. The number of halogens is 1. The summed E-state index contributed by atoms with van der Waals surface area (Å²) in [5, 5.41) is 2.81. The van der Waals surface area contributed by atoms with Gasteiger partial charge in [-0.15, -0.1) is 0 Å². The summed E-state index contributed by atoms with van der Waals surface area (Å²) in [5.41, 5.74) is 2.79. The third-order valence-corrected chi connectivity index (χ3v) is 4.38. The predicted octanol–water partition coefficient (Wildman–Crippen LogP) is 5.24. The Labute approximate surface area is 157 Å². The Morgan fingerprint density at radius 1 is 1.08 bits per heavy atom. The largest absolute Gasteiger partial charge is 0.495 e. The highest BCUT2D eigenvalue weighted by Crippen LogP contribution is 2.36. The zero-order chi connectivity index (χ0) is 18.4. The topological polar surface area (TPSA) is 47.6 Å². The molecule has 0 aromatic heterocycles. The zero-order valence-electron chi connectivity index (χ0n) is 14.8. The Morgan fingerprint density at radius 3 is 2.28 bits per heavy atom. The molecule has 1 amide bonds. The molecular weight excluding hydrogens is 382 g/mol. The molecule has 0 aliphatic rings. The number of methoxy groups -OCH3 is 2. The van der Waals surface area contributed by atoms with Crippen molar-refractivity contribution < 1.29 is 14.3 Å². The molecule has 0 unspecified atom stereocenters. The fraction of sp³-hybridized carbons (Fsp3) is 0.250. The fourth-order valence-electron chi connectivity index (χ4n) is 2.30. The van der Waals surface area contributed by atoms with E-state index in [1.54, 1.807) is 32.4 Å². The molecule has 0 atom stereocenters. The molecule has 4 nitrogen and oxygen atoms in total. The molecule has 2 rings (SSSR count). The number of hydrogen-bond acceptors (Lipinski definition) is 3. The van der Waals surface area contributed by atoms with Crippen molar-refractivity contribution in [3.8, 4) is 11.5 Å². The highest BCUT2D eigenvalue weighted by molar-refractivity contribution is 9.10. The van der Waals surface area contributed by atoms with Gasteiger partial charge in [0.05, 0.1) is 24.4 Å². The number of nitrogens with one attached hydrogen (secondary N) is 1. The maximum Gasteiger partial charge on any atom is 0.248 e. The Hall–Kier alpha value is -2.27. The first-order valence-electron chi connectivity index (χ1n) is 7.95. The van der Waals surface area contributed by atoms with Crippen LogP contribution in [0.25, 0.3) is 6.08 Å². The molecule has 0 aliphatic heterocycles. The second kappa shape index (κ2) is 8.72. The van der Waals surface area contributed by atoms with Crippen LogP contribution in [0.2, 0.25) is 0 Å². The van der Waals surface area contributed by atoms with E-state index in [1.807, 2.05) is 12.1 Å². The first kappa shape index (κ1) is 19.1. The van der Waals surface area contributed by atoms with Crippen LogP contribution in [0.5, 0.6) is 11.5 Å². The van der Waals surface area contributed by atoms with Crippen LogP contribution in [-0.4, -0.2) is 20.1 Å². The van der Waals surface area contributed by atoms with Gasteiger partial charge in [0.2, 0.25) is 5.91 Å². The summed E-state index contributed by atoms with van der Waals surface area (Å²) < 4.78 is 11.3. The Kier molecular flexibility index (Phi) is 6.65. The third kappa shape index (κ3) is 5.10. The van der Waals surface area contributed by atoms with Crippen molar-refractivity contribution in [3.63, 3.8) is 0 Å². The number of hydrogen-bond donors (Lipinski definition) is 1. The molecule has 0 fully saturated rings. The van der Waals surface area contributed by atoms with Gasteiger partial charge in [0.25, 0.3) is 0 Å². The van der Waals surface area contributed by atoms with E-state index in [2.05, 4.69) is 47.2 Å². The Morgan fingerprint density at radius 2 is 1.72 bits per heavy atom. The van der Waals surface area contributed by atoms with Gasteiger partial charge in [-0.3, -0.25) is 4.79 Å². The minimum absolute atomic E-state index is 0.240. The Balaban J connectivity index is 2.11. The molecule has 25 heavy (non-hydrogen) atoms. The van der Waals surface area contributed by atoms with Gasteiger partial charge in [-0.05, 0) is 39.1 Å². The van der Waals surface area contributed by atoms with Crippen molar-refractivity contribution in [2.24, 2.45) is 0 Å². The van der Waals surface area contributed by atoms with E-state index in [9.17, 15) is 4.79 Å². The van der Waals surface area contributed by atoms with Crippen LogP contribution >= 0.6 is 15.9 Å². The number of amides is 1. The Bertz CT molecular complexity index is 767. The molecule has 132 valence electrons.